The SMILES string of the molecule is Cc1ccc(N2C(=O)CSC2=NC(=S)NCCc2ccc(-c3ncn(-c4ccc(C(F)(F)F)cc4)n3)cc2)c(C(C)C)c1. The van der Waals surface area contributed by atoms with Gasteiger partial charge in [0.2, 0.25) is 5.91 Å². The number of carbonyl (C=O) groups excluding carboxylic acids is 1. The number of nitrogens with one attached hydrogen (secondary N) is 1. The summed E-state index contributed by atoms with van der Waals surface area (Å²) in [5, 5.41) is 8.46. The fraction of sp³-hybridized carbons (Fsp3) is 0.258. The van der Waals surface area contributed by atoms with Crippen molar-refractivity contribution in [3.63, 3.8) is 0 Å². The van der Waals surface area contributed by atoms with Gasteiger partial charge in [-0.15, -0.1) is 5.10 Å². The van der Waals surface area contributed by atoms with Crippen LogP contribution in [0.3, 0.4) is 0 Å². The number of aliphatic imine (C=N–C) groups is 1. The van der Waals surface area contributed by atoms with E-state index < -0.39 is 11.7 Å². The van der Waals surface area contributed by atoms with Gasteiger partial charge in [0.25, 0.3) is 0 Å². The summed E-state index contributed by atoms with van der Waals surface area (Å²) in [6.07, 6.45) is -2.24. The smallest absolute Gasteiger partial charge is 0.360 e. The van der Waals surface area contributed by atoms with Crippen LogP contribution in [0.15, 0.2) is 78.0 Å². The second-order valence-corrected chi connectivity index (χ2v) is 11.7. The van der Waals surface area contributed by atoms with Crippen molar-refractivity contribution in [1.82, 2.24) is 20.1 Å². The molecule has 222 valence electrons. The molecule has 1 aliphatic heterocycles. The van der Waals surface area contributed by atoms with E-state index in [1.807, 2.05) is 43.3 Å². The summed E-state index contributed by atoms with van der Waals surface area (Å²) in [6.45, 7) is 6.80. The van der Waals surface area contributed by atoms with Gasteiger partial charge in [0.15, 0.2) is 16.1 Å². The summed E-state index contributed by atoms with van der Waals surface area (Å²) in [5.41, 5.74) is 4.68. The van der Waals surface area contributed by atoms with Gasteiger partial charge in [-0.05, 0) is 72.9 Å². The molecule has 0 bridgehead atoms. The fourth-order valence-corrected chi connectivity index (χ4v) is 5.72. The maximum absolute atomic E-state index is 12.8. The Hall–Kier alpha value is -4.03. The van der Waals surface area contributed by atoms with Crippen LogP contribution in [-0.2, 0) is 17.4 Å². The first-order valence-corrected chi connectivity index (χ1v) is 15.0. The molecule has 43 heavy (non-hydrogen) atoms. The Morgan fingerprint density at radius 1 is 1.09 bits per heavy atom. The lowest BCUT2D eigenvalue weighted by molar-refractivity contribution is -0.137. The molecule has 1 aliphatic rings. The van der Waals surface area contributed by atoms with Gasteiger partial charge in [-0.25, -0.2) is 9.67 Å². The third-order valence-electron chi connectivity index (χ3n) is 6.86. The summed E-state index contributed by atoms with van der Waals surface area (Å²) >= 11 is 6.86. The first kappa shape index (κ1) is 30.4. The topological polar surface area (TPSA) is 75.4 Å². The minimum atomic E-state index is -4.39. The number of hydrogen-bond acceptors (Lipinski definition) is 5. The molecule has 2 heterocycles. The van der Waals surface area contributed by atoms with Crippen LogP contribution >= 0.6 is 24.0 Å². The number of thiocarbonyl (C=S) groups is 1. The highest BCUT2D eigenvalue weighted by atomic mass is 32.2. The van der Waals surface area contributed by atoms with Crippen molar-refractivity contribution >= 4 is 45.9 Å². The van der Waals surface area contributed by atoms with Crippen molar-refractivity contribution in [2.24, 2.45) is 4.99 Å². The molecule has 0 aliphatic carbocycles. The van der Waals surface area contributed by atoms with E-state index in [4.69, 9.17) is 12.2 Å². The maximum atomic E-state index is 12.8. The van der Waals surface area contributed by atoms with Crippen molar-refractivity contribution < 1.29 is 18.0 Å². The van der Waals surface area contributed by atoms with Gasteiger partial charge >= 0.3 is 6.18 Å². The average Bonchev–Trinajstić information content (AvgIpc) is 3.60. The van der Waals surface area contributed by atoms with Crippen LogP contribution in [0.5, 0.6) is 0 Å². The van der Waals surface area contributed by atoms with Gasteiger partial charge in [-0.1, -0.05) is 67.6 Å². The second kappa shape index (κ2) is 12.7. The van der Waals surface area contributed by atoms with Gasteiger partial charge in [-0.3, -0.25) is 9.69 Å². The van der Waals surface area contributed by atoms with Crippen LogP contribution in [0.4, 0.5) is 18.9 Å². The van der Waals surface area contributed by atoms with E-state index in [0.29, 0.717) is 40.5 Å². The standard InChI is InChI=1S/C31H29F3N6OS2/c1-19(2)25-16-20(3)4-13-26(25)40-27(41)17-43-30(40)37-29(42)35-15-14-21-5-7-22(8-6-21)28-36-18-39(38-28)24-11-9-23(10-12-24)31(32,33)34/h4-13,16,18-19H,14-15,17H2,1-3H3,(H,35,42). The quantitative estimate of drug-likeness (QED) is 0.225. The summed E-state index contributed by atoms with van der Waals surface area (Å²) in [7, 11) is 0. The van der Waals surface area contributed by atoms with Crippen molar-refractivity contribution in [2.45, 2.75) is 39.3 Å². The minimum absolute atomic E-state index is 0.0175. The number of nitrogens with zero attached hydrogens (tertiary/aromatic N) is 5. The number of aromatic nitrogens is 3. The van der Waals surface area contributed by atoms with Crippen molar-refractivity contribution in [1.29, 1.82) is 0 Å². The Kier molecular flexibility index (Phi) is 8.97. The third-order valence-corrected chi connectivity index (χ3v) is 8.02. The highest BCUT2D eigenvalue weighted by Crippen LogP contribution is 2.34. The molecular formula is C31H29F3N6OS2. The molecule has 1 aromatic heterocycles. The Balaban J connectivity index is 1.18. The molecule has 0 unspecified atom stereocenters. The van der Waals surface area contributed by atoms with Gasteiger partial charge in [0.1, 0.15) is 6.33 Å². The van der Waals surface area contributed by atoms with Crippen LogP contribution in [0, 0.1) is 6.92 Å². The van der Waals surface area contributed by atoms with E-state index in [9.17, 15) is 18.0 Å². The van der Waals surface area contributed by atoms with Crippen LogP contribution in [0.25, 0.3) is 17.1 Å². The average molecular weight is 623 g/mol. The molecule has 1 saturated heterocycles. The zero-order valence-electron chi connectivity index (χ0n) is 23.7. The number of thioether (sulfide) groups is 1. The second-order valence-electron chi connectivity index (χ2n) is 10.4. The molecule has 4 aromatic rings. The van der Waals surface area contributed by atoms with Crippen molar-refractivity contribution in [3.05, 3.63) is 95.3 Å². The molecule has 3 aromatic carbocycles. The summed E-state index contributed by atoms with van der Waals surface area (Å²) in [6, 6.07) is 18.5. The molecule has 7 nitrogen and oxygen atoms in total. The summed E-state index contributed by atoms with van der Waals surface area (Å²) in [4.78, 5) is 23.3. The summed E-state index contributed by atoms with van der Waals surface area (Å²) in [5.74, 6) is 1.01. The maximum Gasteiger partial charge on any atom is 0.416 e. The monoisotopic (exact) mass is 622 g/mol. The largest absolute Gasteiger partial charge is 0.416 e. The lowest BCUT2D eigenvalue weighted by Crippen LogP contribution is -2.32. The zero-order valence-corrected chi connectivity index (χ0v) is 25.4. The van der Waals surface area contributed by atoms with Gasteiger partial charge in [0.05, 0.1) is 22.7 Å². The molecule has 1 N–H and O–H groups in total. The molecule has 0 atom stereocenters. The molecule has 1 amide bonds. The molecule has 5 rings (SSSR count). The number of alkyl halides is 3. The predicted molar refractivity (Wildman–Crippen MR) is 169 cm³/mol. The van der Waals surface area contributed by atoms with Gasteiger partial charge in [0, 0.05) is 12.1 Å². The normalized spacial score (nSPS) is 14.6. The molecule has 0 radical (unpaired) electrons. The Morgan fingerprint density at radius 3 is 2.49 bits per heavy atom. The summed E-state index contributed by atoms with van der Waals surface area (Å²) < 4.78 is 40.0. The zero-order chi connectivity index (χ0) is 30.7. The van der Waals surface area contributed by atoms with Crippen molar-refractivity contribution in [2.75, 3.05) is 17.2 Å². The first-order chi connectivity index (χ1) is 20.5. The number of amides is 1. The third kappa shape index (κ3) is 7.14. The minimum Gasteiger partial charge on any atom is -0.360 e. The highest BCUT2D eigenvalue weighted by Gasteiger charge is 2.32. The molecule has 0 spiro atoms. The van der Waals surface area contributed by atoms with Crippen LogP contribution < -0.4 is 10.2 Å². The van der Waals surface area contributed by atoms with Gasteiger partial charge in [-0.2, -0.15) is 18.2 Å². The lowest BCUT2D eigenvalue weighted by Gasteiger charge is -2.22. The lowest BCUT2D eigenvalue weighted by atomic mass is 9.98. The Labute approximate surface area is 257 Å². The molecule has 1 fully saturated rings. The molecule has 12 heteroatoms. The molecule has 0 saturated carbocycles. The van der Waals surface area contributed by atoms with E-state index >= 15 is 0 Å². The highest BCUT2D eigenvalue weighted by molar-refractivity contribution is 8.15. The van der Waals surface area contributed by atoms with E-state index in [0.717, 1.165) is 40.1 Å². The van der Waals surface area contributed by atoms with Crippen LogP contribution in [0.1, 0.15) is 42.0 Å². The Bertz CT molecular complexity index is 1660. The van der Waals surface area contributed by atoms with E-state index in [1.165, 1.54) is 34.9 Å². The van der Waals surface area contributed by atoms with Crippen LogP contribution in [0.2, 0.25) is 0 Å². The van der Waals surface area contributed by atoms with Gasteiger partial charge < -0.3 is 5.32 Å². The van der Waals surface area contributed by atoms with Crippen LogP contribution in [-0.4, -0.2) is 43.2 Å². The van der Waals surface area contributed by atoms with E-state index in [2.05, 4.69) is 40.3 Å². The number of amidine groups is 1. The van der Waals surface area contributed by atoms with E-state index in [-0.39, 0.29) is 11.8 Å². The first-order valence-electron chi connectivity index (χ1n) is 13.6. The molecular weight excluding hydrogens is 594 g/mol. The van der Waals surface area contributed by atoms with Crippen molar-refractivity contribution in [3.8, 4) is 17.1 Å². The number of carbonyl (C=O) groups is 1. The fourth-order valence-electron chi connectivity index (χ4n) is 4.61. The number of rotatable bonds is 7. The number of aryl methyl sites for hydroxylation is 1. The Morgan fingerprint density at radius 2 is 1.81 bits per heavy atom. The van der Waals surface area contributed by atoms with E-state index in [1.54, 1.807) is 4.90 Å². The predicted octanol–water partition coefficient (Wildman–Crippen LogP) is 6.94. The number of halogens is 3. The number of hydrogen-bond donors (Lipinski definition) is 1. The number of benzene rings is 3. The number of anilines is 1.